The van der Waals surface area contributed by atoms with Crippen LogP contribution < -0.4 is 14.4 Å². The van der Waals surface area contributed by atoms with Crippen molar-refractivity contribution in [1.29, 1.82) is 5.26 Å². The van der Waals surface area contributed by atoms with Gasteiger partial charge in [0, 0.05) is 25.7 Å². The van der Waals surface area contributed by atoms with Gasteiger partial charge < -0.3 is 23.5 Å². The average Bonchev–Trinajstić information content (AvgIpc) is 3.37. The number of rotatable bonds is 7. The van der Waals surface area contributed by atoms with Gasteiger partial charge in [-0.05, 0) is 38.0 Å². The molecule has 11 heteroatoms. The third kappa shape index (κ3) is 5.45. The zero-order valence-corrected chi connectivity index (χ0v) is 21.6. The van der Waals surface area contributed by atoms with Crippen molar-refractivity contribution in [3.63, 3.8) is 0 Å². The molecule has 2 saturated heterocycles. The zero-order chi connectivity index (χ0) is 25.1. The van der Waals surface area contributed by atoms with E-state index in [1.54, 1.807) is 25.2 Å². The zero-order valence-electron chi connectivity index (χ0n) is 19.9. The Kier molecular flexibility index (Phi) is 7.64. The van der Waals surface area contributed by atoms with Gasteiger partial charge in [0.1, 0.15) is 10.4 Å². The highest BCUT2D eigenvalue weighted by Gasteiger charge is 2.33. The number of amides is 1. The van der Waals surface area contributed by atoms with Gasteiger partial charge in [0.25, 0.3) is 5.91 Å². The number of hydrogen-bond acceptors (Lipinski definition) is 10. The third-order valence-corrected chi connectivity index (χ3v) is 7.02. The quantitative estimate of drug-likeness (QED) is 0.402. The minimum Gasteiger partial charge on any atom is -0.493 e. The fourth-order valence-electron chi connectivity index (χ4n) is 4.10. The summed E-state index contributed by atoms with van der Waals surface area (Å²) in [5.41, 5.74) is 1.17. The van der Waals surface area contributed by atoms with Gasteiger partial charge in [-0.3, -0.25) is 9.69 Å². The van der Waals surface area contributed by atoms with Gasteiger partial charge in [-0.15, -0.1) is 0 Å². The van der Waals surface area contributed by atoms with Gasteiger partial charge in [-0.1, -0.05) is 30.0 Å². The van der Waals surface area contributed by atoms with E-state index < -0.39 is 0 Å². The molecule has 2 aliphatic rings. The molecular weight excluding hydrogens is 488 g/mol. The number of oxazole rings is 1. The molecule has 2 atom stereocenters. The monoisotopic (exact) mass is 514 g/mol. The van der Waals surface area contributed by atoms with E-state index in [1.807, 2.05) is 36.9 Å². The molecule has 0 N–H and O–H groups in total. The minimum atomic E-state index is -0.215. The number of aromatic nitrogens is 1. The lowest BCUT2D eigenvalue weighted by molar-refractivity contribution is -0.122. The van der Waals surface area contributed by atoms with E-state index in [4.69, 9.17) is 30.8 Å². The Hall–Kier alpha value is -3.07. The SMILES string of the molecule is COc1ccc(CCN2C(=O)/C(=C\c3nc(C#N)c(N4CC(C)OC(C)C4)o3)SC2=S)cc1OC. The number of morpholine rings is 1. The van der Waals surface area contributed by atoms with Crippen LogP contribution in [-0.2, 0) is 16.0 Å². The minimum absolute atomic E-state index is 0.000708. The molecule has 2 unspecified atom stereocenters. The van der Waals surface area contributed by atoms with Crippen molar-refractivity contribution < 1.29 is 23.4 Å². The van der Waals surface area contributed by atoms with Crippen LogP contribution in [0.25, 0.3) is 6.08 Å². The summed E-state index contributed by atoms with van der Waals surface area (Å²) in [5.74, 6) is 1.65. The van der Waals surface area contributed by atoms with Crippen LogP contribution in [0.15, 0.2) is 27.5 Å². The molecule has 0 aliphatic carbocycles. The predicted octanol–water partition coefficient (Wildman–Crippen LogP) is 3.62. The molecule has 184 valence electrons. The first-order chi connectivity index (χ1) is 16.8. The first-order valence-corrected chi connectivity index (χ1v) is 12.3. The molecule has 2 aliphatic heterocycles. The molecule has 1 amide bonds. The second kappa shape index (κ2) is 10.7. The van der Waals surface area contributed by atoms with Crippen molar-refractivity contribution in [1.82, 2.24) is 9.88 Å². The van der Waals surface area contributed by atoms with Crippen LogP contribution in [-0.4, -0.2) is 66.2 Å². The first-order valence-electron chi connectivity index (χ1n) is 11.1. The number of thioether (sulfide) groups is 1. The summed E-state index contributed by atoms with van der Waals surface area (Å²) >= 11 is 6.65. The fraction of sp³-hybridized carbons (Fsp3) is 0.417. The molecule has 9 nitrogen and oxygen atoms in total. The number of carbonyl (C=O) groups excluding carboxylic acids is 1. The highest BCUT2D eigenvalue weighted by molar-refractivity contribution is 8.26. The van der Waals surface area contributed by atoms with Crippen LogP contribution in [0.1, 0.15) is 31.0 Å². The highest BCUT2D eigenvalue weighted by atomic mass is 32.2. The van der Waals surface area contributed by atoms with Gasteiger partial charge in [-0.25, -0.2) is 0 Å². The average molecular weight is 515 g/mol. The van der Waals surface area contributed by atoms with Crippen LogP contribution >= 0.6 is 24.0 Å². The Bertz CT molecular complexity index is 1200. The lowest BCUT2D eigenvalue weighted by atomic mass is 10.1. The second-order valence-electron chi connectivity index (χ2n) is 8.25. The Balaban J connectivity index is 1.48. The maximum Gasteiger partial charge on any atom is 0.266 e. The molecule has 0 radical (unpaired) electrons. The number of nitrogens with zero attached hydrogens (tertiary/aromatic N) is 4. The van der Waals surface area contributed by atoms with Gasteiger partial charge in [0.15, 0.2) is 11.5 Å². The number of carbonyl (C=O) groups is 1. The molecule has 4 rings (SSSR count). The Labute approximate surface area is 213 Å². The van der Waals surface area contributed by atoms with Crippen molar-refractivity contribution in [2.75, 3.05) is 38.8 Å². The molecule has 1 aromatic heterocycles. The van der Waals surface area contributed by atoms with E-state index in [1.165, 1.54) is 11.8 Å². The van der Waals surface area contributed by atoms with E-state index in [2.05, 4.69) is 11.1 Å². The van der Waals surface area contributed by atoms with Crippen molar-refractivity contribution in [2.24, 2.45) is 0 Å². The maximum atomic E-state index is 13.1. The Morgan fingerprint density at radius 1 is 1.26 bits per heavy atom. The number of nitriles is 1. The first kappa shape index (κ1) is 25.0. The Morgan fingerprint density at radius 3 is 2.63 bits per heavy atom. The van der Waals surface area contributed by atoms with E-state index >= 15 is 0 Å². The summed E-state index contributed by atoms with van der Waals surface area (Å²) in [6.07, 6.45) is 2.14. The predicted molar refractivity (Wildman–Crippen MR) is 137 cm³/mol. The van der Waals surface area contributed by atoms with Crippen molar-refractivity contribution in [2.45, 2.75) is 32.5 Å². The summed E-state index contributed by atoms with van der Waals surface area (Å²) in [5, 5.41) is 9.57. The molecule has 0 bridgehead atoms. The van der Waals surface area contributed by atoms with Gasteiger partial charge in [0.05, 0.1) is 31.3 Å². The number of thiocarbonyl (C=S) groups is 1. The fourth-order valence-corrected chi connectivity index (χ4v) is 5.38. The van der Waals surface area contributed by atoms with Crippen LogP contribution in [0.4, 0.5) is 5.88 Å². The number of methoxy groups -OCH3 is 2. The van der Waals surface area contributed by atoms with Crippen molar-refractivity contribution in [3.8, 4) is 17.6 Å². The Morgan fingerprint density at radius 2 is 1.97 bits per heavy atom. The molecule has 0 spiro atoms. The lowest BCUT2D eigenvalue weighted by Crippen LogP contribution is -2.45. The van der Waals surface area contributed by atoms with Crippen LogP contribution in [0.2, 0.25) is 0 Å². The summed E-state index contributed by atoms with van der Waals surface area (Å²) < 4.78 is 22.8. The molecule has 2 fully saturated rings. The number of anilines is 1. The van der Waals surface area contributed by atoms with Gasteiger partial charge >= 0.3 is 0 Å². The lowest BCUT2D eigenvalue weighted by Gasteiger charge is -2.34. The smallest absolute Gasteiger partial charge is 0.266 e. The van der Waals surface area contributed by atoms with Crippen LogP contribution in [0, 0.1) is 11.3 Å². The van der Waals surface area contributed by atoms with E-state index in [0.29, 0.717) is 52.7 Å². The molecule has 35 heavy (non-hydrogen) atoms. The van der Waals surface area contributed by atoms with Gasteiger partial charge in [0.2, 0.25) is 17.5 Å². The molecule has 3 heterocycles. The van der Waals surface area contributed by atoms with Crippen LogP contribution in [0.3, 0.4) is 0 Å². The molecular formula is C24H26N4O5S2. The maximum absolute atomic E-state index is 13.1. The van der Waals surface area contributed by atoms with E-state index in [9.17, 15) is 10.1 Å². The van der Waals surface area contributed by atoms with Crippen LogP contribution in [0.5, 0.6) is 11.5 Å². The standard InChI is InChI=1S/C24H26N4O5S2/c1-14-12-27(13-15(2)32-14)23-17(11-25)26-21(33-23)10-20-22(29)28(24(34)35-20)8-7-16-5-6-18(30-3)19(9-16)31-4/h5-6,9-10,14-15H,7-8,12-13H2,1-4H3/b20-10+. The number of hydrogen-bond donors (Lipinski definition) is 0. The summed E-state index contributed by atoms with van der Waals surface area (Å²) in [4.78, 5) is 21.3. The molecule has 1 aromatic carbocycles. The summed E-state index contributed by atoms with van der Waals surface area (Å²) in [7, 11) is 3.17. The number of benzene rings is 1. The summed E-state index contributed by atoms with van der Waals surface area (Å²) in [6.45, 7) is 5.54. The largest absolute Gasteiger partial charge is 0.493 e. The van der Waals surface area contributed by atoms with Gasteiger partial charge in [-0.2, -0.15) is 10.2 Å². The van der Waals surface area contributed by atoms with E-state index in [-0.39, 0.29) is 29.7 Å². The molecule has 2 aromatic rings. The summed E-state index contributed by atoms with van der Waals surface area (Å²) in [6, 6.07) is 7.74. The van der Waals surface area contributed by atoms with Crippen molar-refractivity contribution in [3.05, 3.63) is 40.3 Å². The second-order valence-corrected chi connectivity index (χ2v) is 9.93. The highest BCUT2D eigenvalue weighted by Crippen LogP contribution is 2.34. The van der Waals surface area contributed by atoms with E-state index in [0.717, 1.165) is 5.56 Å². The normalized spacial score (nSPS) is 21.5. The third-order valence-electron chi connectivity index (χ3n) is 5.64. The van der Waals surface area contributed by atoms with Crippen molar-refractivity contribution >= 4 is 46.2 Å². The molecule has 0 saturated carbocycles. The topological polar surface area (TPSA) is 101 Å². The number of ether oxygens (including phenoxy) is 3.